The van der Waals surface area contributed by atoms with E-state index in [-0.39, 0.29) is 12.3 Å². The van der Waals surface area contributed by atoms with Gasteiger partial charge in [-0.2, -0.15) is 0 Å². The van der Waals surface area contributed by atoms with Crippen LogP contribution in [0.5, 0.6) is 11.5 Å². The summed E-state index contributed by atoms with van der Waals surface area (Å²) < 4.78 is 5.84. The fraction of sp³-hybridized carbons (Fsp3) is 0.130. The normalized spacial score (nSPS) is 11.3. The van der Waals surface area contributed by atoms with Crippen molar-refractivity contribution in [2.75, 3.05) is 5.32 Å². The zero-order valence-corrected chi connectivity index (χ0v) is 16.1. The summed E-state index contributed by atoms with van der Waals surface area (Å²) in [5, 5.41) is 5.47. The monoisotopic (exact) mass is 389 g/mol. The summed E-state index contributed by atoms with van der Waals surface area (Å²) in [6.45, 7) is 1.98. The van der Waals surface area contributed by atoms with Crippen LogP contribution in [0.25, 0.3) is 0 Å². The third-order valence-electron chi connectivity index (χ3n) is 4.28. The van der Waals surface area contributed by atoms with Gasteiger partial charge in [0, 0.05) is 5.69 Å². The second kappa shape index (κ2) is 9.41. The van der Waals surface area contributed by atoms with E-state index < -0.39 is 12.1 Å². The van der Waals surface area contributed by atoms with Gasteiger partial charge in [-0.3, -0.25) is 4.79 Å². The number of primary amides is 1. The molecule has 0 aliphatic rings. The molecule has 148 valence electrons. The van der Waals surface area contributed by atoms with E-state index in [0.717, 1.165) is 11.1 Å². The maximum atomic E-state index is 12.5. The summed E-state index contributed by atoms with van der Waals surface area (Å²) in [7, 11) is 0. The number of para-hydroxylation sites is 1. The van der Waals surface area contributed by atoms with Gasteiger partial charge in [-0.25, -0.2) is 4.79 Å². The lowest BCUT2D eigenvalue weighted by atomic mass is 10.0. The van der Waals surface area contributed by atoms with Crippen molar-refractivity contribution >= 4 is 17.6 Å². The van der Waals surface area contributed by atoms with Gasteiger partial charge in [0.05, 0.1) is 12.5 Å². The van der Waals surface area contributed by atoms with Crippen molar-refractivity contribution in [1.29, 1.82) is 0 Å². The Labute approximate surface area is 169 Å². The average molecular weight is 389 g/mol. The van der Waals surface area contributed by atoms with Crippen LogP contribution >= 0.6 is 0 Å². The van der Waals surface area contributed by atoms with Gasteiger partial charge in [-0.05, 0) is 48.9 Å². The van der Waals surface area contributed by atoms with Crippen LogP contribution in [-0.4, -0.2) is 11.9 Å². The number of hydrogen-bond acceptors (Lipinski definition) is 3. The van der Waals surface area contributed by atoms with Crippen molar-refractivity contribution < 1.29 is 14.3 Å². The Morgan fingerprint density at radius 2 is 1.62 bits per heavy atom. The van der Waals surface area contributed by atoms with Crippen LogP contribution in [0, 0.1) is 6.92 Å². The number of ether oxygens (including phenoxy) is 1. The number of benzene rings is 3. The highest BCUT2D eigenvalue weighted by atomic mass is 16.5. The fourth-order valence-corrected chi connectivity index (χ4v) is 2.88. The van der Waals surface area contributed by atoms with Crippen molar-refractivity contribution in [3.8, 4) is 11.5 Å². The zero-order chi connectivity index (χ0) is 20.6. The van der Waals surface area contributed by atoms with Crippen LogP contribution in [-0.2, 0) is 4.79 Å². The molecule has 0 bridgehead atoms. The molecule has 6 heteroatoms. The van der Waals surface area contributed by atoms with E-state index in [2.05, 4.69) is 10.6 Å². The Bertz CT molecular complexity index is 972. The lowest BCUT2D eigenvalue weighted by molar-refractivity contribution is -0.116. The van der Waals surface area contributed by atoms with E-state index in [1.165, 1.54) is 0 Å². The first-order valence-electron chi connectivity index (χ1n) is 9.25. The number of rotatable bonds is 7. The summed E-state index contributed by atoms with van der Waals surface area (Å²) in [5.74, 6) is 1.06. The predicted octanol–water partition coefficient (Wildman–Crippen LogP) is 4.53. The molecule has 29 heavy (non-hydrogen) atoms. The van der Waals surface area contributed by atoms with Crippen LogP contribution in [0.1, 0.15) is 23.6 Å². The van der Waals surface area contributed by atoms with E-state index >= 15 is 0 Å². The number of amides is 3. The van der Waals surface area contributed by atoms with E-state index in [9.17, 15) is 9.59 Å². The summed E-state index contributed by atoms with van der Waals surface area (Å²) in [4.78, 5) is 24.0. The standard InChI is InChI=1S/C23H23N3O3/c1-16-10-12-18(13-11-16)25-22(27)15-21(26-23(24)28)17-6-5-9-20(14-17)29-19-7-3-2-4-8-19/h2-14,21H,15H2,1H3,(H,25,27)(H3,24,26,28)/t21-/m0/s1. The van der Waals surface area contributed by atoms with Gasteiger partial charge in [0.15, 0.2) is 0 Å². The summed E-state index contributed by atoms with van der Waals surface area (Å²) in [5.41, 5.74) is 7.84. The van der Waals surface area contributed by atoms with Gasteiger partial charge >= 0.3 is 6.03 Å². The molecule has 0 saturated heterocycles. The highest BCUT2D eigenvalue weighted by molar-refractivity contribution is 5.91. The highest BCUT2D eigenvalue weighted by Gasteiger charge is 2.18. The minimum absolute atomic E-state index is 0.0333. The molecule has 3 aromatic carbocycles. The third-order valence-corrected chi connectivity index (χ3v) is 4.28. The quantitative estimate of drug-likeness (QED) is 0.554. The molecule has 3 rings (SSSR count). The number of aryl methyl sites for hydroxylation is 1. The van der Waals surface area contributed by atoms with Gasteiger partial charge in [-0.1, -0.05) is 48.0 Å². The van der Waals surface area contributed by atoms with E-state index in [1.54, 1.807) is 12.1 Å². The molecular weight excluding hydrogens is 366 g/mol. The molecule has 0 fully saturated rings. The van der Waals surface area contributed by atoms with Crippen molar-refractivity contribution in [3.05, 3.63) is 90.0 Å². The highest BCUT2D eigenvalue weighted by Crippen LogP contribution is 2.26. The Kier molecular flexibility index (Phi) is 6.47. The van der Waals surface area contributed by atoms with Crippen LogP contribution in [0.3, 0.4) is 0 Å². The molecule has 0 saturated carbocycles. The maximum absolute atomic E-state index is 12.5. The largest absolute Gasteiger partial charge is 0.457 e. The minimum atomic E-state index is -0.701. The number of nitrogens with one attached hydrogen (secondary N) is 2. The van der Waals surface area contributed by atoms with Gasteiger partial charge in [0.1, 0.15) is 11.5 Å². The number of urea groups is 1. The first kappa shape index (κ1) is 19.9. The van der Waals surface area contributed by atoms with E-state index in [1.807, 2.05) is 73.7 Å². The first-order chi connectivity index (χ1) is 14.0. The minimum Gasteiger partial charge on any atom is -0.457 e. The summed E-state index contributed by atoms with van der Waals surface area (Å²) in [6, 6.07) is 22.8. The number of carbonyl (C=O) groups excluding carboxylic acids is 2. The zero-order valence-electron chi connectivity index (χ0n) is 16.1. The maximum Gasteiger partial charge on any atom is 0.312 e. The Hall–Kier alpha value is -3.80. The van der Waals surface area contributed by atoms with E-state index in [0.29, 0.717) is 17.2 Å². The van der Waals surface area contributed by atoms with Gasteiger partial charge in [0.25, 0.3) is 0 Å². The Balaban J connectivity index is 1.73. The van der Waals surface area contributed by atoms with Gasteiger partial charge in [0.2, 0.25) is 5.91 Å². The molecule has 0 heterocycles. The molecule has 0 aliphatic heterocycles. The SMILES string of the molecule is Cc1ccc(NC(=O)C[C@H](NC(N)=O)c2cccc(Oc3ccccc3)c2)cc1. The van der Waals surface area contributed by atoms with Crippen LogP contribution in [0.15, 0.2) is 78.9 Å². The molecule has 0 unspecified atom stereocenters. The van der Waals surface area contributed by atoms with Crippen LogP contribution < -0.4 is 21.1 Å². The second-order valence-electron chi connectivity index (χ2n) is 6.67. The smallest absolute Gasteiger partial charge is 0.312 e. The lowest BCUT2D eigenvalue weighted by Gasteiger charge is -2.19. The predicted molar refractivity (Wildman–Crippen MR) is 113 cm³/mol. The lowest BCUT2D eigenvalue weighted by Crippen LogP contribution is -2.35. The van der Waals surface area contributed by atoms with Crippen LogP contribution in [0.2, 0.25) is 0 Å². The molecule has 0 aromatic heterocycles. The topological polar surface area (TPSA) is 93.5 Å². The van der Waals surface area contributed by atoms with Gasteiger partial charge < -0.3 is 21.1 Å². The average Bonchev–Trinajstić information content (AvgIpc) is 2.70. The molecule has 3 amide bonds. The van der Waals surface area contributed by atoms with Crippen molar-refractivity contribution in [1.82, 2.24) is 5.32 Å². The number of hydrogen-bond donors (Lipinski definition) is 3. The summed E-state index contributed by atoms with van der Waals surface area (Å²) in [6.07, 6.45) is 0.0333. The number of anilines is 1. The number of carbonyl (C=O) groups is 2. The first-order valence-corrected chi connectivity index (χ1v) is 9.25. The molecule has 6 nitrogen and oxygen atoms in total. The van der Waals surface area contributed by atoms with Crippen molar-refractivity contribution in [2.24, 2.45) is 5.73 Å². The molecule has 0 spiro atoms. The van der Waals surface area contributed by atoms with E-state index in [4.69, 9.17) is 10.5 Å². The number of nitrogens with two attached hydrogens (primary N) is 1. The fourth-order valence-electron chi connectivity index (χ4n) is 2.88. The van der Waals surface area contributed by atoms with Gasteiger partial charge in [-0.15, -0.1) is 0 Å². The third kappa shape index (κ3) is 6.10. The summed E-state index contributed by atoms with van der Waals surface area (Å²) >= 11 is 0. The van der Waals surface area contributed by atoms with Crippen molar-refractivity contribution in [3.63, 3.8) is 0 Å². The molecule has 1 atom stereocenters. The molecule has 0 radical (unpaired) electrons. The molecule has 4 N–H and O–H groups in total. The molecular formula is C23H23N3O3. The van der Waals surface area contributed by atoms with Crippen LogP contribution in [0.4, 0.5) is 10.5 Å². The second-order valence-corrected chi connectivity index (χ2v) is 6.67. The molecule has 0 aliphatic carbocycles. The molecule has 3 aromatic rings. The Morgan fingerprint density at radius 3 is 2.31 bits per heavy atom. The Morgan fingerprint density at radius 1 is 0.931 bits per heavy atom. The van der Waals surface area contributed by atoms with Crippen molar-refractivity contribution in [2.45, 2.75) is 19.4 Å².